The Morgan fingerprint density at radius 1 is 1.42 bits per heavy atom. The van der Waals surface area contributed by atoms with Crippen LogP contribution >= 0.6 is 0 Å². The predicted molar refractivity (Wildman–Crippen MR) is 71.1 cm³/mol. The van der Waals surface area contributed by atoms with Crippen molar-refractivity contribution in [3.05, 3.63) is 36.3 Å². The number of nitrogens with one attached hydrogen (secondary N) is 1. The molecule has 1 heterocycles. The minimum atomic E-state index is -0.781. The third-order valence-electron chi connectivity index (χ3n) is 2.83. The van der Waals surface area contributed by atoms with E-state index in [4.69, 9.17) is 9.84 Å². The maximum atomic E-state index is 10.5. The third kappa shape index (κ3) is 3.34. The number of ether oxygens (including phenoxy) is 1. The van der Waals surface area contributed by atoms with Crippen molar-refractivity contribution in [2.24, 2.45) is 0 Å². The second kappa shape index (κ2) is 6.04. The average Bonchev–Trinajstić information content (AvgIpc) is 2.87. The van der Waals surface area contributed by atoms with Gasteiger partial charge in [-0.15, -0.1) is 0 Å². The van der Waals surface area contributed by atoms with Crippen LogP contribution in [0.3, 0.4) is 0 Å². The highest BCUT2D eigenvalue weighted by Gasteiger charge is 2.08. The predicted octanol–water partition coefficient (Wildman–Crippen LogP) is 2.49. The summed E-state index contributed by atoms with van der Waals surface area (Å²) in [6.07, 6.45) is 3.11. The number of carbonyl (C=O) groups is 1. The first-order chi connectivity index (χ1) is 9.20. The first kappa shape index (κ1) is 13.1. The molecule has 5 heteroatoms. The molecule has 0 fully saturated rings. The fraction of sp³-hybridized carbons (Fsp3) is 0.286. The van der Waals surface area contributed by atoms with Gasteiger partial charge in [0.15, 0.2) is 0 Å². The summed E-state index contributed by atoms with van der Waals surface area (Å²) in [4.78, 5) is 17.9. The van der Waals surface area contributed by atoms with Gasteiger partial charge in [-0.2, -0.15) is 0 Å². The largest absolute Gasteiger partial charge is 0.496 e. The highest BCUT2D eigenvalue weighted by Crippen LogP contribution is 2.28. The molecule has 1 aromatic carbocycles. The van der Waals surface area contributed by atoms with Crippen LogP contribution in [0.4, 0.5) is 0 Å². The molecule has 2 N–H and O–H groups in total. The van der Waals surface area contributed by atoms with Gasteiger partial charge in [0.25, 0.3) is 0 Å². The second-order valence-electron chi connectivity index (χ2n) is 4.19. The number of aliphatic carboxylic acids is 1. The van der Waals surface area contributed by atoms with E-state index in [2.05, 4.69) is 9.97 Å². The van der Waals surface area contributed by atoms with Gasteiger partial charge in [0, 0.05) is 18.4 Å². The number of H-pyrrole nitrogens is 1. The van der Waals surface area contributed by atoms with Crippen LogP contribution in [0.2, 0.25) is 0 Å². The van der Waals surface area contributed by atoms with E-state index < -0.39 is 5.97 Å². The lowest BCUT2D eigenvalue weighted by atomic mass is 10.1. The molecule has 0 aliphatic carbocycles. The van der Waals surface area contributed by atoms with Crippen molar-refractivity contribution < 1.29 is 14.6 Å². The van der Waals surface area contributed by atoms with Gasteiger partial charge in [0.05, 0.1) is 19.0 Å². The number of imidazole rings is 1. The van der Waals surface area contributed by atoms with E-state index in [1.807, 2.05) is 24.3 Å². The van der Waals surface area contributed by atoms with Crippen molar-refractivity contribution in [1.29, 1.82) is 0 Å². The summed E-state index contributed by atoms with van der Waals surface area (Å²) in [5.41, 5.74) is 1.82. The Kier molecular flexibility index (Phi) is 4.18. The molecule has 5 nitrogen and oxygen atoms in total. The fourth-order valence-corrected chi connectivity index (χ4v) is 1.90. The normalized spacial score (nSPS) is 10.4. The van der Waals surface area contributed by atoms with Crippen LogP contribution in [0.5, 0.6) is 5.75 Å². The zero-order chi connectivity index (χ0) is 13.7. The number of benzene rings is 1. The van der Waals surface area contributed by atoms with Gasteiger partial charge in [0.2, 0.25) is 0 Å². The molecule has 0 saturated carbocycles. The number of aromatic nitrogens is 2. The van der Waals surface area contributed by atoms with E-state index >= 15 is 0 Å². The number of carboxylic acid groups (broad SMARTS) is 1. The summed E-state index contributed by atoms with van der Waals surface area (Å²) in [5, 5.41) is 8.60. The summed E-state index contributed by atoms with van der Waals surface area (Å²) in [7, 11) is 1.63. The number of para-hydroxylation sites is 1. The summed E-state index contributed by atoms with van der Waals surface area (Å²) >= 11 is 0. The average molecular weight is 260 g/mol. The standard InChI is InChI=1S/C14H16N2O3/c1-19-12-6-3-2-5-10(12)11-9-15-13(16-11)7-4-8-14(17)18/h2-3,5-6,9H,4,7-8H2,1H3,(H,15,16)(H,17,18). The number of aromatic amines is 1. The molecule has 0 atom stereocenters. The van der Waals surface area contributed by atoms with Gasteiger partial charge in [-0.25, -0.2) is 4.98 Å². The molecule has 100 valence electrons. The van der Waals surface area contributed by atoms with Crippen molar-refractivity contribution in [1.82, 2.24) is 9.97 Å². The van der Waals surface area contributed by atoms with Crippen molar-refractivity contribution in [2.45, 2.75) is 19.3 Å². The minimum absolute atomic E-state index is 0.157. The van der Waals surface area contributed by atoms with Crippen molar-refractivity contribution >= 4 is 5.97 Å². The first-order valence-electron chi connectivity index (χ1n) is 6.10. The van der Waals surface area contributed by atoms with Gasteiger partial charge in [-0.1, -0.05) is 12.1 Å². The molecular weight excluding hydrogens is 244 g/mol. The molecule has 19 heavy (non-hydrogen) atoms. The number of rotatable bonds is 6. The minimum Gasteiger partial charge on any atom is -0.496 e. The van der Waals surface area contributed by atoms with Crippen LogP contribution < -0.4 is 4.74 Å². The molecule has 0 amide bonds. The van der Waals surface area contributed by atoms with E-state index in [1.54, 1.807) is 13.3 Å². The molecule has 1 aromatic heterocycles. The van der Waals surface area contributed by atoms with E-state index in [1.165, 1.54) is 0 Å². The van der Waals surface area contributed by atoms with Crippen LogP contribution in [0.25, 0.3) is 11.3 Å². The highest BCUT2D eigenvalue weighted by atomic mass is 16.5. The molecule has 0 aliphatic heterocycles. The molecule has 0 unspecified atom stereocenters. The molecule has 0 spiro atoms. The van der Waals surface area contributed by atoms with E-state index in [-0.39, 0.29) is 6.42 Å². The highest BCUT2D eigenvalue weighted by molar-refractivity contribution is 5.67. The molecular formula is C14H16N2O3. The SMILES string of the molecule is COc1ccccc1-c1cnc(CCCC(=O)O)[nH]1. The van der Waals surface area contributed by atoms with Gasteiger partial charge < -0.3 is 14.8 Å². The Labute approximate surface area is 111 Å². The van der Waals surface area contributed by atoms with Crippen molar-refractivity contribution in [3.63, 3.8) is 0 Å². The Bertz CT molecular complexity index is 563. The van der Waals surface area contributed by atoms with Crippen molar-refractivity contribution in [2.75, 3.05) is 7.11 Å². The summed E-state index contributed by atoms with van der Waals surface area (Å²) in [5.74, 6) is 0.793. The topological polar surface area (TPSA) is 75.2 Å². The fourth-order valence-electron chi connectivity index (χ4n) is 1.90. The number of hydrogen-bond donors (Lipinski definition) is 2. The quantitative estimate of drug-likeness (QED) is 0.836. The Balaban J connectivity index is 2.10. The van der Waals surface area contributed by atoms with Crippen molar-refractivity contribution in [3.8, 4) is 17.0 Å². The second-order valence-corrected chi connectivity index (χ2v) is 4.19. The van der Waals surface area contributed by atoms with Crippen LogP contribution in [0.1, 0.15) is 18.7 Å². The van der Waals surface area contributed by atoms with Crippen LogP contribution in [-0.2, 0) is 11.2 Å². The maximum absolute atomic E-state index is 10.5. The number of hydrogen-bond acceptors (Lipinski definition) is 3. The molecule has 0 radical (unpaired) electrons. The van der Waals surface area contributed by atoms with Gasteiger partial charge >= 0.3 is 5.97 Å². The van der Waals surface area contributed by atoms with Crippen LogP contribution in [-0.4, -0.2) is 28.2 Å². The molecule has 2 aromatic rings. The molecule has 0 bridgehead atoms. The number of nitrogens with zero attached hydrogens (tertiary/aromatic N) is 1. The molecule has 2 rings (SSSR count). The maximum Gasteiger partial charge on any atom is 0.303 e. The first-order valence-corrected chi connectivity index (χ1v) is 6.10. The summed E-state index contributed by atoms with van der Waals surface area (Å²) < 4.78 is 5.30. The zero-order valence-corrected chi connectivity index (χ0v) is 10.7. The number of carboxylic acids is 1. The lowest BCUT2D eigenvalue weighted by Crippen LogP contribution is -1.96. The molecule has 0 aliphatic rings. The summed E-state index contributed by atoms with van der Waals surface area (Å²) in [6.45, 7) is 0. The Morgan fingerprint density at radius 2 is 2.21 bits per heavy atom. The van der Waals surface area contributed by atoms with Gasteiger partial charge in [-0.05, 0) is 18.6 Å². The monoisotopic (exact) mass is 260 g/mol. The van der Waals surface area contributed by atoms with Gasteiger partial charge in [0.1, 0.15) is 11.6 Å². The van der Waals surface area contributed by atoms with Gasteiger partial charge in [-0.3, -0.25) is 4.79 Å². The number of aryl methyl sites for hydroxylation is 1. The third-order valence-corrected chi connectivity index (χ3v) is 2.83. The van der Waals surface area contributed by atoms with E-state index in [9.17, 15) is 4.79 Å². The Morgan fingerprint density at radius 3 is 2.95 bits per heavy atom. The smallest absolute Gasteiger partial charge is 0.303 e. The lowest BCUT2D eigenvalue weighted by Gasteiger charge is -2.05. The van der Waals surface area contributed by atoms with Crippen LogP contribution in [0.15, 0.2) is 30.5 Å². The number of methoxy groups -OCH3 is 1. The van der Waals surface area contributed by atoms with Crippen LogP contribution in [0, 0.1) is 0 Å². The Hall–Kier alpha value is -2.30. The van der Waals surface area contributed by atoms with E-state index in [0.717, 1.165) is 22.8 Å². The lowest BCUT2D eigenvalue weighted by molar-refractivity contribution is -0.137. The summed E-state index contributed by atoms with van der Waals surface area (Å²) in [6, 6.07) is 7.68. The molecule has 0 saturated heterocycles. The van der Waals surface area contributed by atoms with E-state index in [0.29, 0.717) is 12.8 Å². The zero-order valence-electron chi connectivity index (χ0n) is 10.7.